The molecule has 0 bridgehead atoms. The Hall–Kier alpha value is -3.22. The van der Waals surface area contributed by atoms with E-state index in [1.807, 2.05) is 19.2 Å². The van der Waals surface area contributed by atoms with E-state index in [0.29, 0.717) is 30.9 Å². The van der Waals surface area contributed by atoms with Crippen molar-refractivity contribution in [3.05, 3.63) is 76.2 Å². The van der Waals surface area contributed by atoms with Gasteiger partial charge in [0.2, 0.25) is 5.95 Å². The molecule has 5 rings (SSSR count). The molecule has 2 heterocycles. The first-order valence-corrected chi connectivity index (χ1v) is 16.9. The lowest BCUT2D eigenvalue weighted by Gasteiger charge is -2.36. The molecule has 242 valence electrons. The molecule has 2 aliphatic carbocycles. The normalized spacial score (nSPS) is 22.1. The Morgan fingerprint density at radius 1 is 1.09 bits per heavy atom. The van der Waals surface area contributed by atoms with Crippen LogP contribution in [-0.4, -0.2) is 60.1 Å². The number of hydrogen-bond acceptors (Lipinski definition) is 7. The standard InChI is InChI=1S/C32H38ClF3N6O2S/c1-5-21-16-31(3,25-14-15-28(38-20(25)2)41-45(43,44)27-9-7-6-8-26(27)33)17-22-18-37-30(40-29(21)22)39-23-10-12-24(13-11-23)42(4)19-32(34,35)36/h6-9,14-16,18,23-24H,5,10-13,17,19H2,1-4H3,(H,38,41)(H,37,39,40). The maximum atomic E-state index is 12.9. The molecule has 0 amide bonds. The van der Waals surface area contributed by atoms with Gasteiger partial charge in [-0.3, -0.25) is 9.62 Å². The van der Waals surface area contributed by atoms with E-state index in [4.69, 9.17) is 16.6 Å². The Labute approximate surface area is 267 Å². The molecule has 3 aromatic rings. The zero-order valence-corrected chi connectivity index (χ0v) is 27.3. The maximum absolute atomic E-state index is 12.9. The molecule has 2 aliphatic rings. The van der Waals surface area contributed by atoms with Crippen LogP contribution in [0.4, 0.5) is 24.9 Å². The summed E-state index contributed by atoms with van der Waals surface area (Å²) < 4.78 is 66.9. The summed E-state index contributed by atoms with van der Waals surface area (Å²) in [5.41, 5.74) is 4.21. The third kappa shape index (κ3) is 7.61. The number of benzene rings is 1. The lowest BCUT2D eigenvalue weighted by molar-refractivity contribution is -0.148. The van der Waals surface area contributed by atoms with Gasteiger partial charge in [-0.05, 0) is 87.4 Å². The Morgan fingerprint density at radius 3 is 2.44 bits per heavy atom. The molecule has 45 heavy (non-hydrogen) atoms. The van der Waals surface area contributed by atoms with Gasteiger partial charge in [0.05, 0.1) is 17.3 Å². The number of hydrogen-bond donors (Lipinski definition) is 2. The number of alkyl halides is 3. The molecule has 13 heteroatoms. The van der Waals surface area contributed by atoms with Crippen molar-refractivity contribution in [2.75, 3.05) is 23.6 Å². The second-order valence-electron chi connectivity index (χ2n) is 12.2. The van der Waals surface area contributed by atoms with Crippen LogP contribution in [-0.2, 0) is 21.9 Å². The highest BCUT2D eigenvalue weighted by molar-refractivity contribution is 7.92. The van der Waals surface area contributed by atoms with Crippen LogP contribution in [0.1, 0.15) is 68.5 Å². The summed E-state index contributed by atoms with van der Waals surface area (Å²) >= 11 is 6.12. The van der Waals surface area contributed by atoms with Crippen LogP contribution < -0.4 is 10.0 Å². The van der Waals surface area contributed by atoms with E-state index in [1.165, 1.54) is 17.0 Å². The predicted octanol–water partition coefficient (Wildman–Crippen LogP) is 7.16. The Bertz CT molecular complexity index is 1690. The van der Waals surface area contributed by atoms with Gasteiger partial charge >= 0.3 is 6.18 Å². The summed E-state index contributed by atoms with van der Waals surface area (Å²) in [4.78, 5) is 15.5. The SMILES string of the molecule is CCC1=CC(C)(c2ccc(NS(=O)(=O)c3ccccc3Cl)nc2C)Cc2cnc(NC3CCC(N(C)CC(F)(F)F)CC3)nc21. The third-order valence-corrected chi connectivity index (χ3v) is 10.6. The summed E-state index contributed by atoms with van der Waals surface area (Å²) in [5.74, 6) is 0.729. The van der Waals surface area contributed by atoms with E-state index in [1.54, 1.807) is 25.2 Å². The van der Waals surface area contributed by atoms with Crippen molar-refractivity contribution in [1.82, 2.24) is 19.9 Å². The number of anilines is 2. The van der Waals surface area contributed by atoms with E-state index >= 15 is 0 Å². The maximum Gasteiger partial charge on any atom is 0.401 e. The van der Waals surface area contributed by atoms with E-state index in [2.05, 4.69) is 39.9 Å². The van der Waals surface area contributed by atoms with Gasteiger partial charge in [-0.1, -0.05) is 49.7 Å². The van der Waals surface area contributed by atoms with Crippen LogP contribution >= 0.6 is 11.6 Å². The predicted molar refractivity (Wildman–Crippen MR) is 171 cm³/mol. The van der Waals surface area contributed by atoms with Crippen molar-refractivity contribution in [2.24, 2.45) is 0 Å². The molecule has 1 unspecified atom stereocenters. The van der Waals surface area contributed by atoms with Crippen LogP contribution in [0.2, 0.25) is 5.02 Å². The van der Waals surface area contributed by atoms with Crippen LogP contribution in [0.15, 0.2) is 53.6 Å². The monoisotopic (exact) mass is 662 g/mol. The Kier molecular flexibility index (Phi) is 9.49. The number of allylic oxidation sites excluding steroid dienone is 2. The fraction of sp³-hybridized carbons (Fsp3) is 0.469. The summed E-state index contributed by atoms with van der Waals surface area (Å²) in [6, 6.07) is 9.82. The molecule has 1 aromatic carbocycles. The Morgan fingerprint density at radius 2 is 1.80 bits per heavy atom. The Balaban J connectivity index is 1.29. The van der Waals surface area contributed by atoms with E-state index in [9.17, 15) is 21.6 Å². The van der Waals surface area contributed by atoms with Crippen molar-refractivity contribution in [3.8, 4) is 0 Å². The molecular weight excluding hydrogens is 625 g/mol. The first-order chi connectivity index (χ1) is 21.2. The quantitative estimate of drug-likeness (QED) is 0.251. The van der Waals surface area contributed by atoms with Crippen molar-refractivity contribution in [1.29, 1.82) is 0 Å². The van der Waals surface area contributed by atoms with Gasteiger partial charge in [0.15, 0.2) is 0 Å². The minimum absolute atomic E-state index is 0.0170. The number of aromatic nitrogens is 3. The number of sulfonamides is 1. The molecule has 1 fully saturated rings. The van der Waals surface area contributed by atoms with Crippen molar-refractivity contribution < 1.29 is 21.6 Å². The van der Waals surface area contributed by atoms with Crippen molar-refractivity contribution in [3.63, 3.8) is 0 Å². The van der Waals surface area contributed by atoms with Gasteiger partial charge in [0, 0.05) is 29.4 Å². The summed E-state index contributed by atoms with van der Waals surface area (Å²) in [6.07, 6.45) is 4.11. The average Bonchev–Trinajstić information content (AvgIpc) is 2.96. The first-order valence-electron chi connectivity index (χ1n) is 15.0. The fourth-order valence-corrected chi connectivity index (χ4v) is 8.08. The summed E-state index contributed by atoms with van der Waals surface area (Å²) in [5, 5.41) is 3.55. The molecule has 0 spiro atoms. The topological polar surface area (TPSA) is 100 Å². The van der Waals surface area contributed by atoms with E-state index in [-0.39, 0.29) is 27.8 Å². The van der Waals surface area contributed by atoms with Gasteiger partial charge < -0.3 is 5.32 Å². The van der Waals surface area contributed by atoms with Gasteiger partial charge in [0.1, 0.15) is 10.7 Å². The minimum Gasteiger partial charge on any atom is -0.351 e. The molecule has 8 nitrogen and oxygen atoms in total. The number of fused-ring (bicyclic) bond motifs is 1. The highest BCUT2D eigenvalue weighted by atomic mass is 35.5. The molecule has 0 saturated heterocycles. The van der Waals surface area contributed by atoms with Gasteiger partial charge in [-0.25, -0.2) is 23.4 Å². The largest absolute Gasteiger partial charge is 0.401 e. The summed E-state index contributed by atoms with van der Waals surface area (Å²) in [6.45, 7) is 5.18. The van der Waals surface area contributed by atoms with Crippen LogP contribution in [0.25, 0.3) is 5.57 Å². The van der Waals surface area contributed by atoms with Crippen LogP contribution in [0.3, 0.4) is 0 Å². The second-order valence-corrected chi connectivity index (χ2v) is 14.3. The molecule has 1 atom stereocenters. The highest BCUT2D eigenvalue weighted by Crippen LogP contribution is 2.41. The first kappa shape index (κ1) is 33.2. The molecule has 0 aliphatic heterocycles. The number of rotatable bonds is 9. The smallest absolute Gasteiger partial charge is 0.351 e. The number of aryl methyl sites for hydroxylation is 1. The van der Waals surface area contributed by atoms with Gasteiger partial charge in [-0.15, -0.1) is 0 Å². The third-order valence-electron chi connectivity index (χ3n) is 8.75. The molecule has 1 saturated carbocycles. The van der Waals surface area contributed by atoms with E-state index in [0.717, 1.165) is 41.7 Å². The number of nitrogens with zero attached hydrogens (tertiary/aromatic N) is 4. The zero-order chi connectivity index (χ0) is 32.6. The lowest BCUT2D eigenvalue weighted by Crippen LogP contribution is -2.42. The molecule has 2 aromatic heterocycles. The van der Waals surface area contributed by atoms with E-state index < -0.39 is 28.2 Å². The molecular formula is C32H38ClF3N6O2S. The zero-order valence-electron chi connectivity index (χ0n) is 25.7. The lowest BCUT2D eigenvalue weighted by atomic mass is 9.71. The molecule has 2 N–H and O–H groups in total. The van der Waals surface area contributed by atoms with Crippen LogP contribution in [0.5, 0.6) is 0 Å². The average molecular weight is 663 g/mol. The number of halogens is 4. The minimum atomic E-state index is -4.20. The fourth-order valence-electron chi connectivity index (χ4n) is 6.56. The summed E-state index contributed by atoms with van der Waals surface area (Å²) in [7, 11) is -2.37. The number of pyridine rings is 1. The molecule has 0 radical (unpaired) electrons. The number of nitrogens with one attached hydrogen (secondary N) is 2. The van der Waals surface area contributed by atoms with Gasteiger partial charge in [0.25, 0.3) is 10.0 Å². The van der Waals surface area contributed by atoms with Crippen molar-refractivity contribution in [2.45, 2.75) is 87.9 Å². The second kappa shape index (κ2) is 12.9. The van der Waals surface area contributed by atoms with Crippen molar-refractivity contribution >= 4 is 39.0 Å². The van der Waals surface area contributed by atoms with Gasteiger partial charge in [-0.2, -0.15) is 13.2 Å². The van der Waals surface area contributed by atoms with Crippen LogP contribution in [0, 0.1) is 6.92 Å². The highest BCUT2D eigenvalue weighted by Gasteiger charge is 2.35.